The fourth-order valence-electron chi connectivity index (χ4n) is 7.45. The summed E-state index contributed by atoms with van der Waals surface area (Å²) in [5, 5.41) is 2.53. The van der Waals surface area contributed by atoms with Crippen LogP contribution in [-0.4, -0.2) is 65.8 Å². The van der Waals surface area contributed by atoms with Gasteiger partial charge in [-0.15, -0.1) is 0 Å². The summed E-state index contributed by atoms with van der Waals surface area (Å²) in [6, 6.07) is 27.7. The minimum atomic E-state index is -2.65. The maximum atomic E-state index is 7.32. The van der Waals surface area contributed by atoms with Crippen LogP contribution in [0.5, 0.6) is 11.5 Å². The van der Waals surface area contributed by atoms with Crippen LogP contribution in [0.25, 0.3) is 0 Å². The third-order valence-corrected chi connectivity index (χ3v) is 18.3. The van der Waals surface area contributed by atoms with Gasteiger partial charge < -0.3 is 0 Å². The third kappa shape index (κ3) is 9.12. The molecule has 0 unspecified atom stereocenters. The van der Waals surface area contributed by atoms with Gasteiger partial charge in [0.1, 0.15) is 0 Å². The fourth-order valence-corrected chi connectivity index (χ4v) is 16.4. The van der Waals surface area contributed by atoms with Crippen LogP contribution >= 0.6 is 0 Å². The van der Waals surface area contributed by atoms with Crippen LogP contribution in [0.15, 0.2) is 88.5 Å². The second-order valence-electron chi connectivity index (χ2n) is 15.4. The van der Waals surface area contributed by atoms with Crippen LogP contribution in [0.2, 0.25) is 19.9 Å². The van der Waals surface area contributed by atoms with E-state index in [-0.39, 0.29) is 35.2 Å². The second kappa shape index (κ2) is 16.1. The van der Waals surface area contributed by atoms with E-state index in [0.717, 1.165) is 23.5 Å². The van der Waals surface area contributed by atoms with Crippen molar-refractivity contribution in [3.63, 3.8) is 0 Å². The van der Waals surface area contributed by atoms with Gasteiger partial charge in [-0.3, -0.25) is 0 Å². The normalized spacial score (nSPS) is 22.6. The van der Waals surface area contributed by atoms with Gasteiger partial charge in [0.2, 0.25) is 0 Å². The predicted octanol–water partition coefficient (Wildman–Crippen LogP) is 8.42. The van der Waals surface area contributed by atoms with Gasteiger partial charge in [-0.25, -0.2) is 0 Å². The van der Waals surface area contributed by atoms with Gasteiger partial charge in [-0.05, 0) is 0 Å². The zero-order valence-corrected chi connectivity index (χ0v) is 34.5. The molecule has 5 atom stereocenters. The van der Waals surface area contributed by atoms with E-state index in [2.05, 4.69) is 121 Å². The predicted molar refractivity (Wildman–Crippen MR) is 200 cm³/mol. The van der Waals surface area contributed by atoms with Crippen molar-refractivity contribution >= 4 is 37.1 Å². The van der Waals surface area contributed by atoms with E-state index in [0.29, 0.717) is 13.2 Å². The zero-order chi connectivity index (χ0) is 34.4. The first kappa shape index (κ1) is 37.7. The molecular formula is C40H58O5SiSn. The summed E-state index contributed by atoms with van der Waals surface area (Å²) < 4.78 is 34.9. The van der Waals surface area contributed by atoms with Crippen molar-refractivity contribution in [2.75, 3.05) is 20.8 Å². The van der Waals surface area contributed by atoms with Crippen molar-refractivity contribution < 1.29 is 23.4 Å². The van der Waals surface area contributed by atoms with Crippen molar-refractivity contribution in [3.8, 4) is 11.5 Å². The Hall–Kier alpha value is -2.10. The molecule has 0 N–H and O–H groups in total. The van der Waals surface area contributed by atoms with E-state index in [1.165, 1.54) is 15.9 Å². The zero-order valence-electron chi connectivity index (χ0n) is 30.6. The molecule has 0 saturated carbocycles. The van der Waals surface area contributed by atoms with Gasteiger partial charge in [0.25, 0.3) is 0 Å². The van der Waals surface area contributed by atoms with Gasteiger partial charge in [0, 0.05) is 0 Å². The Kier molecular flexibility index (Phi) is 12.9. The van der Waals surface area contributed by atoms with Gasteiger partial charge in [0.15, 0.2) is 0 Å². The Morgan fingerprint density at radius 3 is 1.83 bits per heavy atom. The van der Waals surface area contributed by atoms with Crippen molar-refractivity contribution in [3.05, 3.63) is 94.1 Å². The molecule has 5 nitrogen and oxygen atoms in total. The molecule has 1 fully saturated rings. The van der Waals surface area contributed by atoms with Crippen LogP contribution in [0.1, 0.15) is 53.5 Å². The monoisotopic (exact) mass is 766 g/mol. The van der Waals surface area contributed by atoms with Crippen molar-refractivity contribution in [2.24, 2.45) is 11.8 Å². The number of hydrogen-bond acceptors (Lipinski definition) is 5. The summed E-state index contributed by atoms with van der Waals surface area (Å²) in [4.78, 5) is 7.36. The summed E-state index contributed by atoms with van der Waals surface area (Å²) in [5.41, 5.74) is 2.38. The molecule has 0 spiro atoms. The Labute approximate surface area is 290 Å². The first-order valence-corrected chi connectivity index (χ1v) is 29.3. The van der Waals surface area contributed by atoms with Gasteiger partial charge in [-0.2, -0.15) is 0 Å². The van der Waals surface area contributed by atoms with E-state index < -0.39 is 26.7 Å². The van der Waals surface area contributed by atoms with E-state index in [1.807, 2.05) is 18.2 Å². The molecule has 0 aliphatic carbocycles. The summed E-state index contributed by atoms with van der Waals surface area (Å²) in [5.74, 6) is 1.92. The number of rotatable bonds is 13. The van der Waals surface area contributed by atoms with Crippen LogP contribution in [-0.2, 0) is 20.5 Å². The fraction of sp³-hybridized carbons (Fsp3) is 0.500. The van der Waals surface area contributed by atoms with Gasteiger partial charge in [-0.1, -0.05) is 12.1 Å². The molecule has 0 aromatic heterocycles. The van der Waals surface area contributed by atoms with Crippen LogP contribution in [0, 0.1) is 11.8 Å². The molecule has 4 rings (SSSR count). The Balaban J connectivity index is 1.63. The molecule has 256 valence electrons. The first-order valence-electron chi connectivity index (χ1n) is 17.1. The average Bonchev–Trinajstić information content (AvgIpc) is 3.03. The van der Waals surface area contributed by atoms with E-state index in [9.17, 15) is 0 Å². The Bertz CT molecular complexity index is 1390. The average molecular weight is 766 g/mol. The van der Waals surface area contributed by atoms with Gasteiger partial charge in [0.05, 0.1) is 0 Å². The summed E-state index contributed by atoms with van der Waals surface area (Å²) in [6.07, 6.45) is 0.818. The molecule has 1 aliphatic heterocycles. The standard InChI is InChI=1S/C37H49O5Si.3CH3.Sn/c1-26(2)35-28(4)36(40-25-29-22-30(38-8)24-31(23-29)39-9)27(3)34(42-35)20-21-41-43(37(5,6)7,32-16-12-10-13-17-32)33-18-14-11-15-19-33;;;;/h1,10-19,22-24,27-28,34-36H,20-21,25H2,2-9H3;3*1H3;/t27-,28-,34+,35-,36-;;;;/m0..../s1. The summed E-state index contributed by atoms with van der Waals surface area (Å²) in [7, 11) is 0.716. The third-order valence-electron chi connectivity index (χ3n) is 9.52. The van der Waals surface area contributed by atoms with E-state index in [1.54, 1.807) is 14.2 Å². The molecule has 47 heavy (non-hydrogen) atoms. The number of benzene rings is 3. The second-order valence-corrected chi connectivity index (χ2v) is 34.0. The molecule has 0 amide bonds. The molecule has 7 heteroatoms. The molecule has 1 heterocycles. The van der Waals surface area contributed by atoms with E-state index in [4.69, 9.17) is 23.4 Å². The number of methoxy groups -OCH3 is 2. The topological polar surface area (TPSA) is 46.2 Å². The molecule has 3 aromatic carbocycles. The van der Waals surface area contributed by atoms with Crippen LogP contribution in [0.3, 0.4) is 0 Å². The first-order chi connectivity index (χ1) is 22.2. The van der Waals surface area contributed by atoms with Crippen LogP contribution < -0.4 is 19.8 Å². The Morgan fingerprint density at radius 1 is 0.830 bits per heavy atom. The summed E-state index contributed by atoms with van der Waals surface area (Å²) >= 11 is -2.24. The number of hydrogen-bond donors (Lipinski definition) is 0. The van der Waals surface area contributed by atoms with Crippen molar-refractivity contribution in [1.29, 1.82) is 0 Å². The molecule has 3 aromatic rings. The molecule has 0 bridgehead atoms. The van der Waals surface area contributed by atoms with Crippen LogP contribution in [0.4, 0.5) is 0 Å². The molecule has 1 saturated heterocycles. The van der Waals surface area contributed by atoms with Crippen molar-refractivity contribution in [2.45, 2.75) is 92.7 Å². The molecular weight excluding hydrogens is 707 g/mol. The van der Waals surface area contributed by atoms with E-state index >= 15 is 0 Å². The quantitative estimate of drug-likeness (QED) is 0.164. The van der Waals surface area contributed by atoms with Gasteiger partial charge >= 0.3 is 279 Å². The minimum absolute atomic E-state index is 0.00206. The maximum absolute atomic E-state index is 7.32. The SMILES string of the molecule is COc1cc(CO[C@H]2[C@@H](C)[C@@H](CCO[Si](c3ccccc3)(c3ccccc3)C(C)(C)C)O[C@@H](/C(C)=[CH]/[Sn]([CH3])([CH3])[CH3])[C@@H]2C)cc(OC)c1. The molecule has 0 radical (unpaired) electrons. The molecule has 1 aliphatic rings. The number of ether oxygens (including phenoxy) is 4. The summed E-state index contributed by atoms with van der Waals surface area (Å²) in [6.45, 7) is 14.9. The Morgan fingerprint density at radius 2 is 1.36 bits per heavy atom. The van der Waals surface area contributed by atoms with Crippen molar-refractivity contribution in [1.82, 2.24) is 0 Å².